The van der Waals surface area contributed by atoms with E-state index in [0.717, 1.165) is 0 Å². The highest BCUT2D eigenvalue weighted by Gasteiger charge is 2.23. The Kier molecular flexibility index (Phi) is 7.24. The maximum absolute atomic E-state index is 13.8. The third-order valence-electron chi connectivity index (χ3n) is 5.03. The molecule has 0 atom stereocenters. The summed E-state index contributed by atoms with van der Waals surface area (Å²) in [5.41, 5.74) is 0.831. The molecular weight excluding hydrogens is 391 g/mol. The number of carbonyl (C=O) groups is 2. The molecular formula is C22H25FN2O5. The van der Waals surface area contributed by atoms with Gasteiger partial charge in [-0.2, -0.15) is 0 Å². The van der Waals surface area contributed by atoms with Gasteiger partial charge in [-0.1, -0.05) is 18.2 Å². The maximum Gasteiger partial charge on any atom is 0.342 e. The molecule has 30 heavy (non-hydrogen) atoms. The smallest absolute Gasteiger partial charge is 0.342 e. The van der Waals surface area contributed by atoms with Gasteiger partial charge in [0.25, 0.3) is 5.91 Å². The number of benzene rings is 2. The molecule has 0 bridgehead atoms. The summed E-state index contributed by atoms with van der Waals surface area (Å²) in [6.07, 6.45) is 0. The van der Waals surface area contributed by atoms with Crippen LogP contribution in [-0.2, 0) is 16.1 Å². The summed E-state index contributed by atoms with van der Waals surface area (Å²) in [6, 6.07) is 11.5. The summed E-state index contributed by atoms with van der Waals surface area (Å²) >= 11 is 0. The van der Waals surface area contributed by atoms with Gasteiger partial charge in [-0.25, -0.2) is 9.18 Å². The topological polar surface area (TPSA) is 68.3 Å². The Balaban J connectivity index is 1.49. The van der Waals surface area contributed by atoms with Crippen molar-refractivity contribution in [2.45, 2.75) is 6.54 Å². The second kappa shape index (κ2) is 10.1. The van der Waals surface area contributed by atoms with Crippen LogP contribution in [-0.4, -0.2) is 68.7 Å². The van der Waals surface area contributed by atoms with Crippen molar-refractivity contribution in [3.8, 4) is 11.5 Å². The van der Waals surface area contributed by atoms with Gasteiger partial charge in [0.1, 0.15) is 22.9 Å². The normalized spacial score (nSPS) is 14.3. The van der Waals surface area contributed by atoms with Crippen molar-refractivity contribution in [2.75, 3.05) is 47.0 Å². The van der Waals surface area contributed by atoms with Crippen LogP contribution in [0.25, 0.3) is 0 Å². The molecule has 0 unspecified atom stereocenters. The first kappa shape index (κ1) is 21.6. The average molecular weight is 416 g/mol. The van der Waals surface area contributed by atoms with Crippen LogP contribution < -0.4 is 9.47 Å². The summed E-state index contributed by atoms with van der Waals surface area (Å²) in [7, 11) is 2.94. The predicted molar refractivity (Wildman–Crippen MR) is 108 cm³/mol. The van der Waals surface area contributed by atoms with Crippen molar-refractivity contribution in [2.24, 2.45) is 0 Å². The van der Waals surface area contributed by atoms with Crippen LogP contribution in [0.3, 0.4) is 0 Å². The number of esters is 1. The third-order valence-corrected chi connectivity index (χ3v) is 5.03. The number of nitrogens with zero attached hydrogens (tertiary/aromatic N) is 2. The van der Waals surface area contributed by atoms with E-state index < -0.39 is 5.97 Å². The number of piperazine rings is 1. The van der Waals surface area contributed by atoms with Gasteiger partial charge < -0.3 is 19.1 Å². The number of hydrogen-bond donors (Lipinski definition) is 0. The highest BCUT2D eigenvalue weighted by Crippen LogP contribution is 2.24. The average Bonchev–Trinajstić information content (AvgIpc) is 2.78. The fourth-order valence-electron chi connectivity index (χ4n) is 3.29. The number of ether oxygens (including phenoxy) is 3. The van der Waals surface area contributed by atoms with Crippen molar-refractivity contribution < 1.29 is 28.2 Å². The van der Waals surface area contributed by atoms with Crippen LogP contribution in [0.15, 0.2) is 42.5 Å². The summed E-state index contributed by atoms with van der Waals surface area (Å²) in [5.74, 6) is -0.320. The van der Waals surface area contributed by atoms with Gasteiger partial charge in [0.15, 0.2) is 6.61 Å². The lowest BCUT2D eigenvalue weighted by molar-refractivity contribution is -0.136. The van der Waals surface area contributed by atoms with Gasteiger partial charge in [-0.05, 0) is 24.3 Å². The Labute approximate surface area is 174 Å². The Morgan fingerprint density at radius 1 is 1.00 bits per heavy atom. The monoisotopic (exact) mass is 416 g/mol. The SMILES string of the molecule is COc1ccc(OC)c(C(=O)OCC(=O)N2CCN(Cc3ccccc3F)CC2)c1. The quantitative estimate of drug-likeness (QED) is 0.646. The number of rotatable bonds is 7. The Hall–Kier alpha value is -3.13. The lowest BCUT2D eigenvalue weighted by Crippen LogP contribution is -2.49. The van der Waals surface area contributed by atoms with Gasteiger partial charge in [-0.15, -0.1) is 0 Å². The number of amides is 1. The molecule has 160 valence electrons. The van der Waals surface area contributed by atoms with Crippen molar-refractivity contribution >= 4 is 11.9 Å². The number of halogens is 1. The highest BCUT2D eigenvalue weighted by atomic mass is 19.1. The number of carbonyl (C=O) groups excluding carboxylic acids is 2. The zero-order chi connectivity index (χ0) is 21.5. The minimum atomic E-state index is -0.655. The molecule has 8 heteroatoms. The van der Waals surface area contributed by atoms with E-state index in [1.54, 1.807) is 29.2 Å². The number of hydrogen-bond acceptors (Lipinski definition) is 6. The fraction of sp³-hybridized carbons (Fsp3) is 0.364. The first-order chi connectivity index (χ1) is 14.5. The van der Waals surface area contributed by atoms with Crippen LogP contribution in [0.1, 0.15) is 15.9 Å². The first-order valence-electron chi connectivity index (χ1n) is 9.64. The van der Waals surface area contributed by atoms with Gasteiger partial charge in [-0.3, -0.25) is 9.69 Å². The second-order valence-corrected chi connectivity index (χ2v) is 6.89. The molecule has 3 rings (SSSR count). The van der Waals surface area contributed by atoms with E-state index in [4.69, 9.17) is 14.2 Å². The molecule has 0 spiro atoms. The highest BCUT2D eigenvalue weighted by molar-refractivity contribution is 5.94. The van der Waals surface area contributed by atoms with Crippen LogP contribution in [0.2, 0.25) is 0 Å². The fourth-order valence-corrected chi connectivity index (χ4v) is 3.29. The molecule has 1 saturated heterocycles. The lowest BCUT2D eigenvalue weighted by atomic mass is 10.2. The van der Waals surface area contributed by atoms with Gasteiger partial charge >= 0.3 is 5.97 Å². The summed E-state index contributed by atoms with van der Waals surface area (Å²) < 4.78 is 29.3. The molecule has 2 aromatic carbocycles. The molecule has 0 N–H and O–H groups in total. The summed E-state index contributed by atoms with van der Waals surface area (Å²) in [6.45, 7) is 2.38. The number of methoxy groups -OCH3 is 2. The summed E-state index contributed by atoms with van der Waals surface area (Å²) in [5, 5.41) is 0. The Morgan fingerprint density at radius 2 is 1.73 bits per heavy atom. The molecule has 2 aromatic rings. The molecule has 1 heterocycles. The molecule has 1 aliphatic rings. The standard InChI is InChI=1S/C22H25FN2O5/c1-28-17-7-8-20(29-2)18(13-17)22(27)30-15-21(26)25-11-9-24(10-12-25)14-16-5-3-4-6-19(16)23/h3-8,13H,9-12,14-15H2,1-2H3. The van der Waals surface area contributed by atoms with Crippen molar-refractivity contribution in [3.63, 3.8) is 0 Å². The Bertz CT molecular complexity index is 897. The molecule has 0 radical (unpaired) electrons. The zero-order valence-electron chi connectivity index (χ0n) is 17.1. The van der Waals surface area contributed by atoms with Crippen LogP contribution >= 0.6 is 0 Å². The van der Waals surface area contributed by atoms with Crippen LogP contribution in [0.4, 0.5) is 4.39 Å². The van der Waals surface area contributed by atoms with Crippen LogP contribution in [0, 0.1) is 5.82 Å². The van der Waals surface area contributed by atoms with Crippen molar-refractivity contribution in [3.05, 3.63) is 59.4 Å². The molecule has 1 aliphatic heterocycles. The molecule has 1 amide bonds. The second-order valence-electron chi connectivity index (χ2n) is 6.89. The molecule has 7 nitrogen and oxygen atoms in total. The van der Waals surface area contributed by atoms with Crippen molar-refractivity contribution in [1.29, 1.82) is 0 Å². The minimum Gasteiger partial charge on any atom is -0.497 e. The molecule has 0 saturated carbocycles. The molecule has 0 aromatic heterocycles. The minimum absolute atomic E-state index is 0.194. The molecule has 1 fully saturated rings. The first-order valence-corrected chi connectivity index (χ1v) is 9.64. The van der Waals surface area contributed by atoms with Gasteiger partial charge in [0.2, 0.25) is 0 Å². The van der Waals surface area contributed by atoms with E-state index in [1.807, 2.05) is 6.07 Å². The molecule has 0 aliphatic carbocycles. The van der Waals surface area contributed by atoms with E-state index in [-0.39, 0.29) is 23.9 Å². The summed E-state index contributed by atoms with van der Waals surface area (Å²) in [4.78, 5) is 28.6. The lowest BCUT2D eigenvalue weighted by Gasteiger charge is -2.34. The van der Waals surface area contributed by atoms with Gasteiger partial charge in [0, 0.05) is 38.3 Å². The maximum atomic E-state index is 13.8. The van der Waals surface area contributed by atoms with E-state index in [1.165, 1.54) is 26.4 Å². The van der Waals surface area contributed by atoms with E-state index in [0.29, 0.717) is 49.8 Å². The van der Waals surface area contributed by atoms with E-state index >= 15 is 0 Å². The zero-order valence-corrected chi connectivity index (χ0v) is 17.1. The van der Waals surface area contributed by atoms with Gasteiger partial charge in [0.05, 0.1) is 14.2 Å². The van der Waals surface area contributed by atoms with E-state index in [2.05, 4.69) is 4.90 Å². The van der Waals surface area contributed by atoms with Crippen molar-refractivity contribution in [1.82, 2.24) is 9.80 Å². The largest absolute Gasteiger partial charge is 0.497 e. The van der Waals surface area contributed by atoms with E-state index in [9.17, 15) is 14.0 Å². The predicted octanol–water partition coefficient (Wildman–Crippen LogP) is 2.34. The Morgan fingerprint density at radius 3 is 2.40 bits per heavy atom. The third kappa shape index (κ3) is 5.27. The van der Waals surface area contributed by atoms with Crippen LogP contribution in [0.5, 0.6) is 11.5 Å².